The number of primary amides is 1. The fraction of sp³-hybridized carbons (Fsp3) is 0.312. The van der Waals surface area contributed by atoms with Gasteiger partial charge in [0.25, 0.3) is 0 Å². The monoisotopic (exact) mass is 608 g/mol. The molecule has 6 N–H and O–H groups in total. The third-order valence-corrected chi connectivity index (χ3v) is 7.98. The van der Waals surface area contributed by atoms with Crippen LogP contribution >= 0.6 is 0 Å². The van der Waals surface area contributed by atoms with Crippen LogP contribution in [0.4, 0.5) is 22.1 Å². The number of nitrogen functional groups attached to an aromatic ring is 1. The number of rotatable bonds is 7. The number of piperidine rings is 1. The summed E-state index contributed by atoms with van der Waals surface area (Å²) in [4.78, 5) is 35.1. The van der Waals surface area contributed by atoms with Gasteiger partial charge in [-0.3, -0.25) is 15.0 Å². The number of carbonyl (C=O) groups is 2. The molecule has 1 fully saturated rings. The Kier molecular flexibility index (Phi) is 7.94. The van der Waals surface area contributed by atoms with Gasteiger partial charge in [0.05, 0.1) is 11.1 Å². The third-order valence-electron chi connectivity index (χ3n) is 7.98. The van der Waals surface area contributed by atoms with Gasteiger partial charge >= 0.3 is 6.03 Å². The normalized spacial score (nSPS) is 14.5. The van der Waals surface area contributed by atoms with Crippen LogP contribution in [0, 0.1) is 5.92 Å². The first-order valence-corrected chi connectivity index (χ1v) is 14.8. The Morgan fingerprint density at radius 2 is 1.71 bits per heavy atom. The van der Waals surface area contributed by atoms with Crippen LogP contribution in [-0.4, -0.2) is 54.8 Å². The van der Waals surface area contributed by atoms with Gasteiger partial charge in [-0.15, -0.1) is 0 Å². The van der Waals surface area contributed by atoms with Gasteiger partial charge in [0.2, 0.25) is 5.91 Å². The predicted octanol–water partition coefficient (Wildman–Crippen LogP) is 4.69. The number of benzene rings is 2. The van der Waals surface area contributed by atoms with Crippen molar-refractivity contribution in [2.75, 3.05) is 29.5 Å². The average molecular weight is 609 g/mol. The highest BCUT2D eigenvalue weighted by molar-refractivity contribution is 6.00. The molecule has 1 aliphatic rings. The van der Waals surface area contributed by atoms with Crippen LogP contribution < -0.4 is 22.1 Å². The fourth-order valence-electron chi connectivity index (χ4n) is 5.41. The molecule has 13 nitrogen and oxygen atoms in total. The van der Waals surface area contributed by atoms with E-state index in [-0.39, 0.29) is 17.2 Å². The Morgan fingerprint density at radius 3 is 2.36 bits per heavy atom. The second-order valence-electron chi connectivity index (χ2n) is 12.3. The second kappa shape index (κ2) is 12.0. The van der Waals surface area contributed by atoms with Crippen LogP contribution in [0.5, 0.6) is 0 Å². The van der Waals surface area contributed by atoms with Crippen LogP contribution in [0.2, 0.25) is 0 Å². The predicted molar refractivity (Wildman–Crippen MR) is 172 cm³/mol. The minimum absolute atomic E-state index is 0.0287. The Balaban J connectivity index is 1.17. The Bertz CT molecular complexity index is 1830. The molecule has 232 valence electrons. The summed E-state index contributed by atoms with van der Waals surface area (Å²) in [6, 6.07) is 16.7. The second-order valence-corrected chi connectivity index (χ2v) is 12.3. The molecule has 0 atom stereocenters. The molecule has 4 heterocycles. The topological polar surface area (TPSA) is 183 Å². The number of carbonyl (C=O) groups excluding carboxylic acids is 2. The molecular formula is C32H36N10O3. The lowest BCUT2D eigenvalue weighted by Gasteiger charge is -2.30. The van der Waals surface area contributed by atoms with Gasteiger partial charge in [-0.25, -0.2) is 19.4 Å². The highest BCUT2D eigenvalue weighted by atomic mass is 16.5. The highest BCUT2D eigenvalue weighted by Gasteiger charge is 2.24. The molecule has 0 aliphatic carbocycles. The summed E-state index contributed by atoms with van der Waals surface area (Å²) in [7, 11) is 0. The first-order chi connectivity index (χ1) is 21.5. The molecule has 3 amide bonds. The average Bonchev–Trinajstić information content (AvgIpc) is 3.64. The van der Waals surface area contributed by atoms with Gasteiger partial charge in [-0.05, 0) is 55.8 Å². The van der Waals surface area contributed by atoms with E-state index in [0.29, 0.717) is 39.8 Å². The van der Waals surface area contributed by atoms with Crippen molar-refractivity contribution >= 4 is 40.3 Å². The lowest BCUT2D eigenvalue weighted by atomic mass is 9.93. The maximum absolute atomic E-state index is 12.6. The van der Waals surface area contributed by atoms with E-state index in [1.165, 1.54) is 6.33 Å². The van der Waals surface area contributed by atoms with Gasteiger partial charge in [0.1, 0.15) is 23.6 Å². The van der Waals surface area contributed by atoms with E-state index >= 15 is 0 Å². The van der Waals surface area contributed by atoms with Gasteiger partial charge in [-0.2, -0.15) is 5.10 Å². The van der Waals surface area contributed by atoms with Crippen molar-refractivity contribution in [2.24, 2.45) is 11.7 Å². The molecular weight excluding hydrogens is 572 g/mol. The SMILES string of the molecule is CC(C)(C)c1cc(NC(=O)Nc2ccc(-n3nc(-c4ccc(CN5CCC(C(N)=O)CC5)cc4)c4c(N)ncnc43)cc2)no1. The minimum atomic E-state index is -0.442. The summed E-state index contributed by atoms with van der Waals surface area (Å²) in [5.41, 5.74) is 16.2. The van der Waals surface area contributed by atoms with Crippen LogP contribution in [-0.2, 0) is 16.8 Å². The number of aromatic nitrogens is 5. The van der Waals surface area contributed by atoms with E-state index in [2.05, 4.69) is 42.8 Å². The Hall–Kier alpha value is -5.30. The van der Waals surface area contributed by atoms with E-state index in [0.717, 1.165) is 49.3 Å². The number of urea groups is 1. The van der Waals surface area contributed by atoms with Crippen molar-refractivity contribution < 1.29 is 14.1 Å². The molecule has 0 saturated carbocycles. The van der Waals surface area contributed by atoms with E-state index in [1.54, 1.807) is 22.9 Å². The summed E-state index contributed by atoms with van der Waals surface area (Å²) in [5.74, 6) is 1.11. The highest BCUT2D eigenvalue weighted by Crippen LogP contribution is 2.32. The number of hydrogen-bond donors (Lipinski definition) is 4. The smallest absolute Gasteiger partial charge is 0.324 e. The number of anilines is 3. The largest absolute Gasteiger partial charge is 0.383 e. The summed E-state index contributed by atoms with van der Waals surface area (Å²) in [6.45, 7) is 8.49. The van der Waals surface area contributed by atoms with Crippen molar-refractivity contribution in [3.8, 4) is 16.9 Å². The molecule has 0 radical (unpaired) electrons. The minimum Gasteiger partial charge on any atom is -0.383 e. The first-order valence-electron chi connectivity index (χ1n) is 14.8. The zero-order valence-corrected chi connectivity index (χ0v) is 25.4. The lowest BCUT2D eigenvalue weighted by molar-refractivity contribution is -0.123. The van der Waals surface area contributed by atoms with Crippen molar-refractivity contribution in [2.45, 2.75) is 45.6 Å². The van der Waals surface area contributed by atoms with Gasteiger partial charge in [-0.1, -0.05) is 50.2 Å². The van der Waals surface area contributed by atoms with Crippen molar-refractivity contribution in [3.05, 3.63) is 72.2 Å². The lowest BCUT2D eigenvalue weighted by Crippen LogP contribution is -2.38. The standard InChI is InChI=1S/C32H36N10O3/c1-32(2,3)24-16-25(40-45-24)38-31(44)37-22-8-10-23(11-9-22)42-30-26(28(33)35-18-36-30)27(39-42)20-6-4-19(5-7-20)17-41-14-12-21(13-15-41)29(34)43/h4-11,16,18,21H,12-15,17H2,1-3H3,(H2,34,43)(H2,33,35,36)(H2,37,38,40,44). The fourth-order valence-corrected chi connectivity index (χ4v) is 5.41. The molecule has 13 heteroatoms. The number of fused-ring (bicyclic) bond motifs is 1. The zero-order chi connectivity index (χ0) is 31.7. The number of likely N-dealkylation sites (tertiary alicyclic amines) is 1. The first kappa shape index (κ1) is 29.8. The van der Waals surface area contributed by atoms with Crippen molar-refractivity contribution in [3.63, 3.8) is 0 Å². The van der Waals surface area contributed by atoms with Crippen LogP contribution in [0.15, 0.2) is 65.4 Å². The quantitative estimate of drug-likeness (QED) is 0.204. The summed E-state index contributed by atoms with van der Waals surface area (Å²) < 4.78 is 7.05. The molecule has 45 heavy (non-hydrogen) atoms. The summed E-state index contributed by atoms with van der Waals surface area (Å²) in [5, 5.41) is 15.0. The molecule has 6 rings (SSSR count). The molecule has 1 aliphatic heterocycles. The molecule has 5 aromatic rings. The van der Waals surface area contributed by atoms with Crippen molar-refractivity contribution in [1.82, 2.24) is 29.8 Å². The summed E-state index contributed by atoms with van der Waals surface area (Å²) >= 11 is 0. The number of nitrogens with two attached hydrogens (primary N) is 2. The number of amides is 3. The van der Waals surface area contributed by atoms with Crippen LogP contribution in [0.1, 0.15) is 44.9 Å². The number of nitrogens with zero attached hydrogens (tertiary/aromatic N) is 6. The molecule has 0 unspecified atom stereocenters. The Morgan fingerprint density at radius 1 is 1.00 bits per heavy atom. The molecule has 1 saturated heterocycles. The van der Waals surface area contributed by atoms with E-state index in [1.807, 2.05) is 45.0 Å². The number of hydrogen-bond acceptors (Lipinski definition) is 9. The number of nitrogens with one attached hydrogen (secondary N) is 2. The molecule has 3 aromatic heterocycles. The third kappa shape index (κ3) is 6.48. The molecule has 0 spiro atoms. The van der Waals surface area contributed by atoms with E-state index in [4.69, 9.17) is 21.1 Å². The molecule has 0 bridgehead atoms. The van der Waals surface area contributed by atoms with E-state index < -0.39 is 6.03 Å². The van der Waals surface area contributed by atoms with Gasteiger partial charge in [0.15, 0.2) is 11.5 Å². The van der Waals surface area contributed by atoms with Crippen molar-refractivity contribution in [1.29, 1.82) is 0 Å². The molecule has 2 aromatic carbocycles. The zero-order valence-electron chi connectivity index (χ0n) is 25.4. The van der Waals surface area contributed by atoms with E-state index in [9.17, 15) is 9.59 Å². The van der Waals surface area contributed by atoms with Gasteiger partial charge in [0, 0.05) is 35.2 Å². The van der Waals surface area contributed by atoms with Crippen LogP contribution in [0.3, 0.4) is 0 Å². The summed E-state index contributed by atoms with van der Waals surface area (Å²) in [6.07, 6.45) is 3.00. The maximum Gasteiger partial charge on any atom is 0.324 e. The van der Waals surface area contributed by atoms with Crippen LogP contribution in [0.25, 0.3) is 28.0 Å². The maximum atomic E-state index is 12.6. The Labute approximate surface area is 260 Å². The van der Waals surface area contributed by atoms with Gasteiger partial charge < -0.3 is 21.3 Å².